The van der Waals surface area contributed by atoms with Crippen LogP contribution in [-0.4, -0.2) is 17.9 Å². The molecule has 1 N–H and O–H groups in total. The molecule has 0 saturated carbocycles. The minimum atomic E-state index is -0.601. The molecule has 116 valence electrons. The number of hydrogen-bond acceptors (Lipinski definition) is 1. The highest BCUT2D eigenvalue weighted by molar-refractivity contribution is 6.73. The Bertz CT molecular complexity index is 142. The van der Waals surface area contributed by atoms with Gasteiger partial charge in [0.05, 0.1) is 0 Å². The fourth-order valence-electron chi connectivity index (χ4n) is 2.76. The van der Waals surface area contributed by atoms with Crippen LogP contribution in [0.4, 0.5) is 0 Å². The van der Waals surface area contributed by atoms with Gasteiger partial charge in [0.25, 0.3) is 0 Å². The zero-order chi connectivity index (χ0) is 14.3. The van der Waals surface area contributed by atoms with E-state index in [9.17, 15) is 0 Å². The van der Waals surface area contributed by atoms with E-state index in [1.807, 2.05) is 0 Å². The van der Waals surface area contributed by atoms with E-state index >= 15 is 0 Å². The molecule has 0 fully saturated rings. The summed E-state index contributed by atoms with van der Waals surface area (Å²) in [6.45, 7) is 9.37. The summed E-state index contributed by atoms with van der Waals surface area (Å²) in [5, 5.41) is 0. The Morgan fingerprint density at radius 2 is 0.789 bits per heavy atom. The fraction of sp³-hybridized carbons (Fsp3) is 1.00. The molecule has 0 amide bonds. The van der Waals surface area contributed by atoms with Crippen molar-refractivity contribution in [2.45, 2.75) is 103 Å². The van der Waals surface area contributed by atoms with Gasteiger partial charge < -0.3 is 4.65 Å². The van der Waals surface area contributed by atoms with Gasteiger partial charge in [-0.15, -0.1) is 0 Å². The normalized spacial score (nSPS) is 11.7. The van der Waals surface area contributed by atoms with E-state index in [-0.39, 0.29) is 0 Å². The first-order chi connectivity index (χ1) is 9.28. The lowest BCUT2D eigenvalue weighted by Gasteiger charge is -2.24. The monoisotopic (exact) mass is 301 g/mol. The lowest BCUT2D eigenvalue weighted by atomic mass is 10.4. The molecule has 0 aliphatic carbocycles. The highest BCUT2D eigenvalue weighted by Crippen LogP contribution is 2.13. The van der Waals surface area contributed by atoms with E-state index in [2.05, 4.69) is 32.3 Å². The van der Waals surface area contributed by atoms with Crippen LogP contribution in [0, 0.1) is 0 Å². The molecule has 0 aliphatic rings. The van der Waals surface area contributed by atoms with Crippen LogP contribution in [0.1, 0.15) is 79.1 Å². The molecule has 0 aliphatic heterocycles. The number of rotatable bonds is 14. The highest BCUT2D eigenvalue weighted by Gasteiger charge is 2.16. The highest BCUT2D eigenvalue weighted by atomic mass is 28.3. The second-order valence-corrected chi connectivity index (χ2v) is 12.6. The molecule has 0 radical (unpaired) electrons. The second-order valence-electron chi connectivity index (χ2n) is 6.13. The van der Waals surface area contributed by atoms with Gasteiger partial charge in [-0.3, -0.25) is 0 Å². The van der Waals surface area contributed by atoms with Gasteiger partial charge in [0.1, 0.15) is 17.9 Å². The predicted molar refractivity (Wildman–Crippen MR) is 96.3 cm³/mol. The summed E-state index contributed by atoms with van der Waals surface area (Å²) in [5.41, 5.74) is 0. The molecule has 0 bridgehead atoms. The van der Waals surface area contributed by atoms with E-state index in [4.69, 9.17) is 0 Å². The Morgan fingerprint density at radius 1 is 0.526 bits per heavy atom. The van der Waals surface area contributed by atoms with Crippen LogP contribution in [0.25, 0.3) is 0 Å². The first kappa shape index (κ1) is 19.4. The van der Waals surface area contributed by atoms with Gasteiger partial charge in [0.15, 0.2) is 0 Å². The predicted octanol–water partition coefficient (Wildman–Crippen LogP) is 5.22. The van der Waals surface area contributed by atoms with Gasteiger partial charge in [-0.25, -0.2) is 0 Å². The minimum absolute atomic E-state index is 0.601. The summed E-state index contributed by atoms with van der Waals surface area (Å²) < 4.78 is 4.27. The molecule has 0 atom stereocenters. The quantitative estimate of drug-likeness (QED) is 0.433. The Balaban J connectivity index is 4.16. The summed E-state index contributed by atoms with van der Waals surface area (Å²) in [6.07, 6.45) is 11.4. The molecule has 0 heterocycles. The molecular formula is C16H39NSi2. The SMILES string of the molecule is CCCC[SiH](CCCC)N[SiH](CCCC)CCCC. The Kier molecular flexibility index (Phi) is 15.1. The summed E-state index contributed by atoms with van der Waals surface area (Å²) >= 11 is 0. The Hall–Kier alpha value is 0.394. The van der Waals surface area contributed by atoms with E-state index in [0.29, 0.717) is 0 Å². The molecule has 19 heavy (non-hydrogen) atoms. The van der Waals surface area contributed by atoms with Crippen LogP contribution in [0.3, 0.4) is 0 Å². The Morgan fingerprint density at radius 3 is 1.00 bits per heavy atom. The molecular weight excluding hydrogens is 262 g/mol. The van der Waals surface area contributed by atoms with Crippen LogP contribution >= 0.6 is 0 Å². The molecule has 0 spiro atoms. The first-order valence-electron chi connectivity index (χ1n) is 9.04. The van der Waals surface area contributed by atoms with Gasteiger partial charge in [-0.05, 0) is 24.2 Å². The van der Waals surface area contributed by atoms with Crippen molar-refractivity contribution in [1.82, 2.24) is 4.65 Å². The first-order valence-corrected chi connectivity index (χ1v) is 13.5. The third-order valence-corrected chi connectivity index (χ3v) is 12.3. The summed E-state index contributed by atoms with van der Waals surface area (Å²) in [4.78, 5) is 0. The van der Waals surface area contributed by atoms with Crippen LogP contribution in [0.5, 0.6) is 0 Å². The maximum Gasteiger partial charge on any atom is 0.102 e. The van der Waals surface area contributed by atoms with E-state index in [1.165, 1.54) is 51.4 Å². The molecule has 0 saturated heterocycles. The van der Waals surface area contributed by atoms with Gasteiger partial charge >= 0.3 is 0 Å². The molecule has 0 unspecified atom stereocenters. The largest absolute Gasteiger partial charge is 0.364 e. The average molecular weight is 302 g/mol. The molecule has 0 rings (SSSR count). The third-order valence-electron chi connectivity index (χ3n) is 4.10. The molecule has 0 aromatic carbocycles. The average Bonchev–Trinajstić information content (AvgIpc) is 2.44. The smallest absolute Gasteiger partial charge is 0.102 e. The van der Waals surface area contributed by atoms with Crippen LogP contribution < -0.4 is 4.65 Å². The van der Waals surface area contributed by atoms with Crippen molar-refractivity contribution in [1.29, 1.82) is 0 Å². The lowest BCUT2D eigenvalue weighted by Crippen LogP contribution is -2.44. The van der Waals surface area contributed by atoms with Crippen molar-refractivity contribution in [2.75, 3.05) is 0 Å². The summed E-state index contributed by atoms with van der Waals surface area (Å²) in [6, 6.07) is 6.22. The maximum absolute atomic E-state index is 4.27. The van der Waals surface area contributed by atoms with Crippen molar-refractivity contribution in [3.05, 3.63) is 0 Å². The number of unbranched alkanes of at least 4 members (excludes halogenated alkanes) is 4. The number of hydrogen-bond donors (Lipinski definition) is 1. The van der Waals surface area contributed by atoms with E-state index < -0.39 is 17.9 Å². The molecule has 3 heteroatoms. The zero-order valence-electron chi connectivity index (χ0n) is 14.1. The second kappa shape index (κ2) is 14.8. The molecule has 0 aromatic heterocycles. The van der Waals surface area contributed by atoms with E-state index in [1.54, 1.807) is 24.2 Å². The van der Waals surface area contributed by atoms with Crippen molar-refractivity contribution in [2.24, 2.45) is 0 Å². The lowest BCUT2D eigenvalue weighted by molar-refractivity contribution is 0.818. The van der Waals surface area contributed by atoms with Crippen molar-refractivity contribution in [3.8, 4) is 0 Å². The zero-order valence-corrected chi connectivity index (χ0v) is 16.4. The van der Waals surface area contributed by atoms with Gasteiger partial charge in [-0.2, -0.15) is 0 Å². The maximum atomic E-state index is 4.27. The van der Waals surface area contributed by atoms with Gasteiger partial charge in [-0.1, -0.05) is 79.1 Å². The standard InChI is InChI=1S/C16H39NSi2/c1-5-9-13-18(14-10-6-2)17-19(15-11-7-3)16-12-8-4/h17-19H,5-16H2,1-4H3. The topological polar surface area (TPSA) is 12.0 Å². The van der Waals surface area contributed by atoms with Gasteiger partial charge in [0, 0.05) is 0 Å². The van der Waals surface area contributed by atoms with Gasteiger partial charge in [0.2, 0.25) is 0 Å². The van der Waals surface area contributed by atoms with Crippen LogP contribution in [-0.2, 0) is 0 Å². The molecule has 1 nitrogen and oxygen atoms in total. The fourth-order valence-corrected chi connectivity index (χ4v) is 12.3. The van der Waals surface area contributed by atoms with Crippen LogP contribution in [0.15, 0.2) is 0 Å². The third kappa shape index (κ3) is 11.9. The van der Waals surface area contributed by atoms with Crippen molar-refractivity contribution in [3.63, 3.8) is 0 Å². The summed E-state index contributed by atoms with van der Waals surface area (Å²) in [7, 11) is -1.20. The minimum Gasteiger partial charge on any atom is -0.364 e. The van der Waals surface area contributed by atoms with E-state index in [0.717, 1.165) is 0 Å². The molecule has 0 aromatic rings. The van der Waals surface area contributed by atoms with Crippen molar-refractivity contribution >= 4 is 17.9 Å². The number of nitrogens with one attached hydrogen (secondary N) is 1. The Labute approximate surface area is 126 Å². The van der Waals surface area contributed by atoms with Crippen molar-refractivity contribution < 1.29 is 0 Å². The summed E-state index contributed by atoms with van der Waals surface area (Å²) in [5.74, 6) is 0. The van der Waals surface area contributed by atoms with Crippen LogP contribution in [0.2, 0.25) is 24.2 Å².